The number of carboxylic acid groups (broad SMARTS) is 1. The molecule has 2 atom stereocenters. The van der Waals surface area contributed by atoms with Gasteiger partial charge in [0.1, 0.15) is 0 Å². The topological polar surface area (TPSA) is 78.4 Å². The van der Waals surface area contributed by atoms with Crippen LogP contribution in [0.25, 0.3) is 0 Å². The quantitative estimate of drug-likeness (QED) is 0.681. The summed E-state index contributed by atoms with van der Waals surface area (Å²) in [6, 6.07) is -0.320. The van der Waals surface area contributed by atoms with Gasteiger partial charge in [-0.2, -0.15) is 0 Å². The van der Waals surface area contributed by atoms with Gasteiger partial charge in [-0.15, -0.1) is 0 Å². The molecule has 5 heteroatoms. The van der Waals surface area contributed by atoms with Crippen molar-refractivity contribution < 1.29 is 14.7 Å². The monoisotopic (exact) mass is 270 g/mol. The van der Waals surface area contributed by atoms with E-state index in [0.29, 0.717) is 12.3 Å². The van der Waals surface area contributed by atoms with Crippen LogP contribution in [-0.2, 0) is 9.59 Å². The first-order valence-corrected chi connectivity index (χ1v) is 7.01. The Balaban J connectivity index is 2.39. The zero-order chi connectivity index (χ0) is 14.5. The summed E-state index contributed by atoms with van der Waals surface area (Å²) in [7, 11) is 0. The van der Waals surface area contributed by atoms with Crippen molar-refractivity contribution in [2.45, 2.75) is 52.5 Å². The molecule has 1 aliphatic heterocycles. The van der Waals surface area contributed by atoms with Crippen LogP contribution in [0.3, 0.4) is 0 Å². The van der Waals surface area contributed by atoms with Crippen molar-refractivity contribution in [1.82, 2.24) is 10.6 Å². The molecule has 0 aromatic carbocycles. The molecule has 5 nitrogen and oxygen atoms in total. The summed E-state index contributed by atoms with van der Waals surface area (Å²) < 4.78 is 0. The number of nitrogens with one attached hydrogen (secondary N) is 2. The van der Waals surface area contributed by atoms with Gasteiger partial charge in [-0.3, -0.25) is 9.59 Å². The number of rotatable bonds is 6. The average Bonchev–Trinajstić information content (AvgIpc) is 2.76. The molecule has 1 fully saturated rings. The number of hydrogen-bond donors (Lipinski definition) is 3. The lowest BCUT2D eigenvalue weighted by atomic mass is 9.84. The summed E-state index contributed by atoms with van der Waals surface area (Å²) in [5.74, 6) is -0.327. The van der Waals surface area contributed by atoms with Crippen molar-refractivity contribution in [3.63, 3.8) is 0 Å². The molecule has 0 bridgehead atoms. The molecular weight excluding hydrogens is 244 g/mol. The number of amides is 1. The zero-order valence-electron chi connectivity index (χ0n) is 12.2. The van der Waals surface area contributed by atoms with Gasteiger partial charge in [-0.05, 0) is 37.3 Å². The lowest BCUT2D eigenvalue weighted by molar-refractivity contribution is -0.138. The van der Waals surface area contributed by atoms with Gasteiger partial charge in [0.25, 0.3) is 0 Å². The third-order valence-electron chi connectivity index (χ3n) is 3.70. The van der Waals surface area contributed by atoms with E-state index in [1.165, 1.54) is 0 Å². The Hall–Kier alpha value is -1.10. The zero-order valence-corrected chi connectivity index (χ0v) is 12.2. The summed E-state index contributed by atoms with van der Waals surface area (Å²) in [4.78, 5) is 22.8. The third kappa shape index (κ3) is 6.05. The lowest BCUT2D eigenvalue weighted by Crippen LogP contribution is -2.45. The summed E-state index contributed by atoms with van der Waals surface area (Å²) in [5, 5.41) is 15.1. The summed E-state index contributed by atoms with van der Waals surface area (Å²) in [6.07, 6.45) is 2.46. The van der Waals surface area contributed by atoms with Gasteiger partial charge in [0.15, 0.2) is 0 Å². The van der Waals surface area contributed by atoms with Crippen LogP contribution >= 0.6 is 0 Å². The fraction of sp³-hybridized carbons (Fsp3) is 0.857. The fourth-order valence-electron chi connectivity index (χ4n) is 2.31. The third-order valence-corrected chi connectivity index (χ3v) is 3.70. The fourth-order valence-corrected chi connectivity index (χ4v) is 2.31. The molecule has 110 valence electrons. The van der Waals surface area contributed by atoms with Crippen LogP contribution in [0.4, 0.5) is 0 Å². The minimum atomic E-state index is -0.875. The molecule has 0 aromatic rings. The van der Waals surface area contributed by atoms with Gasteiger partial charge in [0, 0.05) is 12.5 Å². The van der Waals surface area contributed by atoms with E-state index in [-0.39, 0.29) is 23.8 Å². The first kappa shape index (κ1) is 16.0. The summed E-state index contributed by atoms with van der Waals surface area (Å²) >= 11 is 0. The molecule has 0 aliphatic carbocycles. The van der Waals surface area contributed by atoms with Gasteiger partial charge in [-0.25, -0.2) is 0 Å². The lowest BCUT2D eigenvalue weighted by Gasteiger charge is -2.30. The smallest absolute Gasteiger partial charge is 0.305 e. The largest absolute Gasteiger partial charge is 0.481 e. The average molecular weight is 270 g/mol. The van der Waals surface area contributed by atoms with Crippen molar-refractivity contribution in [2.75, 3.05) is 13.1 Å². The Morgan fingerprint density at radius 1 is 1.42 bits per heavy atom. The number of aliphatic carboxylic acids is 1. The molecule has 1 amide bonds. The van der Waals surface area contributed by atoms with E-state index in [2.05, 4.69) is 10.6 Å². The predicted molar refractivity (Wildman–Crippen MR) is 73.8 cm³/mol. The van der Waals surface area contributed by atoms with Crippen molar-refractivity contribution >= 4 is 11.9 Å². The van der Waals surface area contributed by atoms with Crippen LogP contribution in [0.1, 0.15) is 46.5 Å². The highest BCUT2D eigenvalue weighted by Gasteiger charge is 2.28. The van der Waals surface area contributed by atoms with E-state index < -0.39 is 5.97 Å². The molecule has 3 N–H and O–H groups in total. The van der Waals surface area contributed by atoms with Crippen molar-refractivity contribution in [2.24, 2.45) is 11.3 Å². The standard InChI is InChI=1S/C14H26N2O3/c1-14(2,3)11(8-13(18)19)16-12(17)5-4-10-6-7-15-9-10/h10-11,15H,4-9H2,1-3H3,(H,16,17)(H,18,19). The van der Waals surface area contributed by atoms with Crippen LogP contribution in [0, 0.1) is 11.3 Å². The summed E-state index contributed by atoms with van der Waals surface area (Å²) in [6.45, 7) is 7.87. The first-order chi connectivity index (χ1) is 8.79. The number of hydrogen-bond acceptors (Lipinski definition) is 3. The molecule has 0 saturated carbocycles. The van der Waals surface area contributed by atoms with Crippen LogP contribution in [0.2, 0.25) is 0 Å². The van der Waals surface area contributed by atoms with Crippen molar-refractivity contribution in [3.8, 4) is 0 Å². The van der Waals surface area contributed by atoms with E-state index in [1.54, 1.807) is 0 Å². The highest BCUT2D eigenvalue weighted by Crippen LogP contribution is 2.22. The van der Waals surface area contributed by atoms with Gasteiger partial charge >= 0.3 is 5.97 Å². The van der Waals surface area contributed by atoms with Gasteiger partial charge < -0.3 is 15.7 Å². The Labute approximate surface area is 115 Å². The number of carbonyl (C=O) groups excluding carboxylic acids is 1. The van der Waals surface area contributed by atoms with Crippen LogP contribution in [-0.4, -0.2) is 36.1 Å². The van der Waals surface area contributed by atoms with Gasteiger partial charge in [0.05, 0.1) is 6.42 Å². The van der Waals surface area contributed by atoms with Crippen LogP contribution in [0.15, 0.2) is 0 Å². The molecule has 2 unspecified atom stereocenters. The molecule has 1 rings (SSSR count). The number of carboxylic acids is 1. The highest BCUT2D eigenvalue weighted by molar-refractivity contribution is 5.77. The molecule has 19 heavy (non-hydrogen) atoms. The van der Waals surface area contributed by atoms with Gasteiger partial charge in [0.2, 0.25) is 5.91 Å². The molecule has 1 aliphatic rings. The minimum absolute atomic E-state index is 0.0276. The molecule has 0 spiro atoms. The molecule has 1 saturated heterocycles. The van der Waals surface area contributed by atoms with Crippen molar-refractivity contribution in [3.05, 3.63) is 0 Å². The van der Waals surface area contributed by atoms with E-state index in [1.807, 2.05) is 20.8 Å². The van der Waals surface area contributed by atoms with Gasteiger partial charge in [-0.1, -0.05) is 20.8 Å². The molecule has 1 heterocycles. The van der Waals surface area contributed by atoms with E-state index in [4.69, 9.17) is 5.11 Å². The molecular formula is C14H26N2O3. The second-order valence-electron chi connectivity index (χ2n) is 6.48. The molecule has 0 radical (unpaired) electrons. The van der Waals surface area contributed by atoms with Crippen LogP contribution < -0.4 is 10.6 Å². The Bertz CT molecular complexity index is 317. The Morgan fingerprint density at radius 3 is 2.58 bits per heavy atom. The minimum Gasteiger partial charge on any atom is -0.481 e. The van der Waals surface area contributed by atoms with E-state index in [0.717, 1.165) is 25.9 Å². The number of carbonyl (C=O) groups is 2. The predicted octanol–water partition coefficient (Wildman–Crippen LogP) is 1.38. The van der Waals surface area contributed by atoms with Crippen LogP contribution in [0.5, 0.6) is 0 Å². The summed E-state index contributed by atoms with van der Waals surface area (Å²) in [5.41, 5.74) is -0.247. The molecule has 0 aromatic heterocycles. The maximum Gasteiger partial charge on any atom is 0.305 e. The normalized spacial score (nSPS) is 21.1. The van der Waals surface area contributed by atoms with E-state index >= 15 is 0 Å². The SMILES string of the molecule is CC(C)(C)C(CC(=O)O)NC(=O)CCC1CCNC1. The maximum atomic E-state index is 11.9. The van der Waals surface area contributed by atoms with Crippen molar-refractivity contribution in [1.29, 1.82) is 0 Å². The highest BCUT2D eigenvalue weighted by atomic mass is 16.4. The van der Waals surface area contributed by atoms with E-state index in [9.17, 15) is 9.59 Å². The Morgan fingerprint density at radius 2 is 2.11 bits per heavy atom. The second kappa shape index (κ2) is 6.89. The first-order valence-electron chi connectivity index (χ1n) is 7.01. The second-order valence-corrected chi connectivity index (χ2v) is 6.48. The Kier molecular flexibility index (Phi) is 5.79. The maximum absolute atomic E-state index is 11.9.